The molecule has 2 saturated carbocycles. The van der Waals surface area contributed by atoms with Crippen molar-refractivity contribution >= 4 is 5.97 Å². The molecule has 24 heavy (non-hydrogen) atoms. The maximum Gasteiger partial charge on any atom is 0.311 e. The second-order valence-electron chi connectivity index (χ2n) is 8.74. The van der Waals surface area contributed by atoms with Crippen molar-refractivity contribution in [2.24, 2.45) is 11.8 Å². The van der Waals surface area contributed by atoms with Crippen LogP contribution in [0.15, 0.2) is 24.3 Å². The Kier molecular flexibility index (Phi) is 3.31. The van der Waals surface area contributed by atoms with E-state index in [2.05, 4.69) is 17.0 Å². The Morgan fingerprint density at radius 3 is 2.62 bits per heavy atom. The lowest BCUT2D eigenvalue weighted by molar-refractivity contribution is -0.139. The molecule has 3 fully saturated rings. The highest BCUT2D eigenvalue weighted by Crippen LogP contribution is 2.53. The van der Waals surface area contributed by atoms with E-state index in [1.807, 2.05) is 12.1 Å². The van der Waals surface area contributed by atoms with Gasteiger partial charge in [-0.2, -0.15) is 0 Å². The predicted molar refractivity (Wildman–Crippen MR) is 95.3 cm³/mol. The van der Waals surface area contributed by atoms with Gasteiger partial charge < -0.3 is 10.0 Å². The van der Waals surface area contributed by atoms with E-state index in [1.54, 1.807) is 0 Å². The van der Waals surface area contributed by atoms with Crippen LogP contribution in [0.2, 0.25) is 0 Å². The number of nitrogens with zero attached hydrogens (tertiary/aromatic N) is 1. The van der Waals surface area contributed by atoms with Crippen LogP contribution in [0.4, 0.5) is 0 Å². The standard InChI is InChI=1S/C21H27NO2.H2/c23-20(24)17-13-21(18-4-2-1-3-16(17)18)7-9-22(10-8-21)19-12-14-5-6-15(19)11-14;/h1-4,14-15,17,19H,5-13H2,(H,23,24);1H. The first-order chi connectivity index (χ1) is 11.7. The van der Waals surface area contributed by atoms with Crippen LogP contribution < -0.4 is 0 Å². The molecule has 5 rings (SSSR count). The zero-order valence-corrected chi connectivity index (χ0v) is 14.3. The summed E-state index contributed by atoms with van der Waals surface area (Å²) in [6.07, 6.45) is 8.89. The van der Waals surface area contributed by atoms with Gasteiger partial charge in [0.15, 0.2) is 0 Å². The minimum atomic E-state index is -0.644. The lowest BCUT2D eigenvalue weighted by Gasteiger charge is -2.44. The van der Waals surface area contributed by atoms with Crippen LogP contribution >= 0.6 is 0 Å². The minimum absolute atomic E-state index is 0. The van der Waals surface area contributed by atoms with Gasteiger partial charge in [0, 0.05) is 7.47 Å². The second-order valence-corrected chi connectivity index (χ2v) is 8.74. The Morgan fingerprint density at radius 2 is 1.96 bits per heavy atom. The number of carbonyl (C=O) groups is 1. The summed E-state index contributed by atoms with van der Waals surface area (Å²) in [6.45, 7) is 2.32. The van der Waals surface area contributed by atoms with Crippen molar-refractivity contribution in [3.8, 4) is 0 Å². The van der Waals surface area contributed by atoms with Gasteiger partial charge in [0.25, 0.3) is 0 Å². The molecule has 1 aromatic rings. The molecule has 3 aliphatic carbocycles. The molecule has 4 atom stereocenters. The van der Waals surface area contributed by atoms with Crippen molar-refractivity contribution in [2.45, 2.75) is 62.3 Å². The normalized spacial score (nSPS) is 37.0. The minimum Gasteiger partial charge on any atom is -0.481 e. The fourth-order valence-electron chi connectivity index (χ4n) is 6.53. The third-order valence-electron chi connectivity index (χ3n) is 7.73. The number of likely N-dealkylation sites (tertiary alicyclic amines) is 1. The number of carboxylic acid groups (broad SMARTS) is 1. The monoisotopic (exact) mass is 327 g/mol. The Bertz CT molecular complexity index is 668. The van der Waals surface area contributed by atoms with Gasteiger partial charge in [-0.05, 0) is 80.0 Å². The van der Waals surface area contributed by atoms with E-state index >= 15 is 0 Å². The molecule has 130 valence electrons. The predicted octanol–water partition coefficient (Wildman–Crippen LogP) is 4.03. The molecule has 3 nitrogen and oxygen atoms in total. The fraction of sp³-hybridized carbons (Fsp3) is 0.667. The number of carboxylic acids is 1. The Morgan fingerprint density at radius 1 is 1.17 bits per heavy atom. The van der Waals surface area contributed by atoms with Crippen molar-refractivity contribution in [1.29, 1.82) is 0 Å². The second kappa shape index (κ2) is 5.32. The third kappa shape index (κ3) is 2.10. The molecule has 3 heteroatoms. The summed E-state index contributed by atoms with van der Waals surface area (Å²) in [5.74, 6) is 1.01. The topological polar surface area (TPSA) is 40.5 Å². The van der Waals surface area contributed by atoms with Gasteiger partial charge >= 0.3 is 5.97 Å². The fourth-order valence-corrected chi connectivity index (χ4v) is 6.53. The number of aliphatic carboxylic acids is 1. The van der Waals surface area contributed by atoms with Gasteiger partial charge in [0.2, 0.25) is 0 Å². The molecule has 2 bridgehead atoms. The molecule has 0 aromatic heterocycles. The quantitative estimate of drug-likeness (QED) is 0.891. The van der Waals surface area contributed by atoms with E-state index in [0.29, 0.717) is 0 Å². The molecule has 1 saturated heterocycles. The molecule has 1 aromatic carbocycles. The van der Waals surface area contributed by atoms with E-state index in [9.17, 15) is 9.90 Å². The molecular formula is C21H29NO2. The zero-order chi connectivity index (χ0) is 16.3. The van der Waals surface area contributed by atoms with E-state index in [0.717, 1.165) is 55.8 Å². The molecule has 4 unspecified atom stereocenters. The summed E-state index contributed by atoms with van der Waals surface area (Å²) >= 11 is 0. The first-order valence-corrected chi connectivity index (χ1v) is 9.72. The van der Waals surface area contributed by atoms with Crippen LogP contribution in [-0.4, -0.2) is 35.1 Å². The molecule has 0 radical (unpaired) electrons. The van der Waals surface area contributed by atoms with Gasteiger partial charge in [-0.1, -0.05) is 30.7 Å². The van der Waals surface area contributed by atoms with E-state index in [-0.39, 0.29) is 12.8 Å². The van der Waals surface area contributed by atoms with E-state index < -0.39 is 5.97 Å². The van der Waals surface area contributed by atoms with E-state index in [4.69, 9.17) is 0 Å². The zero-order valence-electron chi connectivity index (χ0n) is 14.3. The lowest BCUT2D eigenvalue weighted by Crippen LogP contribution is -2.48. The smallest absolute Gasteiger partial charge is 0.311 e. The molecule has 4 aliphatic rings. The van der Waals surface area contributed by atoms with Gasteiger partial charge in [-0.3, -0.25) is 4.79 Å². The molecule has 1 aliphatic heterocycles. The van der Waals surface area contributed by atoms with Crippen molar-refractivity contribution in [2.75, 3.05) is 13.1 Å². The lowest BCUT2D eigenvalue weighted by atomic mass is 9.72. The molecule has 0 amide bonds. The Balaban J connectivity index is 0.00000157. The average Bonchev–Trinajstić information content (AvgIpc) is 3.30. The number of rotatable bonds is 2. The van der Waals surface area contributed by atoms with Gasteiger partial charge in [0.05, 0.1) is 5.92 Å². The van der Waals surface area contributed by atoms with Crippen LogP contribution in [0, 0.1) is 11.8 Å². The summed E-state index contributed by atoms with van der Waals surface area (Å²) in [5.41, 5.74) is 2.54. The van der Waals surface area contributed by atoms with Crippen molar-refractivity contribution in [3.63, 3.8) is 0 Å². The van der Waals surface area contributed by atoms with Crippen LogP contribution in [0.1, 0.15) is 63.4 Å². The summed E-state index contributed by atoms with van der Waals surface area (Å²) in [6, 6.07) is 9.16. The summed E-state index contributed by atoms with van der Waals surface area (Å²) in [7, 11) is 0. The maximum atomic E-state index is 11.7. The SMILES string of the molecule is O=C(O)C1CC2(CCN(C3CC4CCC3C4)CC2)c2ccccc21.[HH]. The number of fused-ring (bicyclic) bond motifs is 4. The number of piperidine rings is 1. The average molecular weight is 327 g/mol. The van der Waals surface area contributed by atoms with Gasteiger partial charge in [-0.25, -0.2) is 0 Å². The number of hydrogen-bond acceptors (Lipinski definition) is 2. The third-order valence-corrected chi connectivity index (χ3v) is 7.73. The molecule has 1 heterocycles. The highest BCUT2D eigenvalue weighted by molar-refractivity contribution is 5.78. The first-order valence-electron chi connectivity index (χ1n) is 9.72. The molecule has 1 spiro atoms. The van der Waals surface area contributed by atoms with Crippen LogP contribution in [-0.2, 0) is 10.2 Å². The highest BCUT2D eigenvalue weighted by atomic mass is 16.4. The van der Waals surface area contributed by atoms with Crippen molar-refractivity contribution in [1.82, 2.24) is 4.90 Å². The van der Waals surface area contributed by atoms with Crippen molar-refractivity contribution < 1.29 is 11.3 Å². The highest BCUT2D eigenvalue weighted by Gasteiger charge is 2.50. The van der Waals surface area contributed by atoms with Crippen molar-refractivity contribution in [3.05, 3.63) is 35.4 Å². The Labute approximate surface area is 145 Å². The van der Waals surface area contributed by atoms with Crippen LogP contribution in [0.3, 0.4) is 0 Å². The molecule has 1 N–H and O–H groups in total. The van der Waals surface area contributed by atoms with Gasteiger partial charge in [-0.15, -0.1) is 0 Å². The molecular weight excluding hydrogens is 298 g/mol. The largest absolute Gasteiger partial charge is 0.481 e. The first kappa shape index (κ1) is 14.9. The number of benzene rings is 1. The Hall–Kier alpha value is -1.35. The van der Waals surface area contributed by atoms with Crippen LogP contribution in [0.25, 0.3) is 0 Å². The number of hydrogen-bond donors (Lipinski definition) is 1. The summed E-state index contributed by atoms with van der Waals surface area (Å²) < 4.78 is 0. The van der Waals surface area contributed by atoms with Gasteiger partial charge in [0.1, 0.15) is 0 Å². The van der Waals surface area contributed by atoms with E-state index in [1.165, 1.54) is 31.2 Å². The maximum absolute atomic E-state index is 11.7. The van der Waals surface area contributed by atoms with Crippen LogP contribution in [0.5, 0.6) is 0 Å². The summed E-state index contributed by atoms with van der Waals surface area (Å²) in [5, 5.41) is 9.66. The summed E-state index contributed by atoms with van der Waals surface area (Å²) in [4.78, 5) is 14.5.